The maximum absolute atomic E-state index is 13.7. The van der Waals surface area contributed by atoms with E-state index in [9.17, 15) is 19.2 Å². The van der Waals surface area contributed by atoms with Crippen LogP contribution in [-0.4, -0.2) is 111 Å². The normalized spacial score (nSPS) is 32.3. The SMILES string of the molecule is [B][C@@H]1CC(=O)[C@@H](C)C(=O)O[C@H](CC)[C@@]2(C)OC(=O)N(CCCCn3cc(-c4nccs4)nn3)[C@@H]2[C@@H](C)N(C(C)=O)C[C@H](C)C[C@]1(C)OC. The minimum absolute atomic E-state index is 0.0829. The van der Waals surface area contributed by atoms with Crippen molar-refractivity contribution < 1.29 is 33.4 Å². The van der Waals surface area contributed by atoms with Gasteiger partial charge in [-0.1, -0.05) is 19.1 Å². The number of thiazole rings is 1. The zero-order valence-corrected chi connectivity index (χ0v) is 30.2. The molecule has 0 unspecified atom stereocenters. The molecule has 0 saturated carbocycles. The van der Waals surface area contributed by atoms with Crippen LogP contribution in [0.1, 0.15) is 80.6 Å². The lowest BCUT2D eigenvalue weighted by molar-refractivity contribution is -0.171. The number of Topliss-reactive ketones (excluding diaryl/α,β-unsaturated/α-hetero) is 1. The van der Waals surface area contributed by atoms with Crippen LogP contribution in [-0.2, 0) is 35.1 Å². The number of carbonyl (C=O) groups is 4. The van der Waals surface area contributed by atoms with E-state index in [2.05, 4.69) is 15.3 Å². The summed E-state index contributed by atoms with van der Waals surface area (Å²) in [5.41, 5.74) is -1.50. The van der Waals surface area contributed by atoms with Crippen molar-refractivity contribution in [2.75, 3.05) is 20.2 Å². The third kappa shape index (κ3) is 7.93. The number of ketones is 1. The van der Waals surface area contributed by atoms with Gasteiger partial charge in [-0.15, -0.1) is 16.4 Å². The Kier molecular flexibility index (Phi) is 12.1. The highest BCUT2D eigenvalue weighted by Gasteiger charge is 2.59. The Morgan fingerprint density at radius 1 is 1.17 bits per heavy atom. The lowest BCUT2D eigenvalue weighted by atomic mass is 9.67. The van der Waals surface area contributed by atoms with Crippen LogP contribution in [0.25, 0.3) is 10.7 Å². The van der Waals surface area contributed by atoms with E-state index in [1.165, 1.54) is 25.2 Å². The number of hydrogen-bond acceptors (Lipinski definition) is 11. The molecule has 2 aromatic rings. The highest BCUT2D eigenvalue weighted by molar-refractivity contribution is 7.13. The first-order chi connectivity index (χ1) is 22.6. The number of rotatable bonds is 8. The fourth-order valence-corrected chi connectivity index (χ4v) is 7.77. The maximum Gasteiger partial charge on any atom is 0.410 e. The van der Waals surface area contributed by atoms with Crippen molar-refractivity contribution in [2.45, 2.75) is 122 Å². The predicted molar refractivity (Wildman–Crippen MR) is 180 cm³/mol. The van der Waals surface area contributed by atoms with E-state index in [0.717, 1.165) is 5.01 Å². The Bertz CT molecular complexity index is 1440. The first-order valence-electron chi connectivity index (χ1n) is 16.8. The van der Waals surface area contributed by atoms with Crippen molar-refractivity contribution in [3.8, 4) is 10.7 Å². The summed E-state index contributed by atoms with van der Waals surface area (Å²) in [4.78, 5) is 61.4. The highest BCUT2D eigenvalue weighted by atomic mass is 32.1. The quantitative estimate of drug-likeness (QED) is 0.171. The van der Waals surface area contributed by atoms with E-state index in [0.29, 0.717) is 51.0 Å². The number of aryl methyl sites for hydroxylation is 1. The van der Waals surface area contributed by atoms with Gasteiger partial charge in [0.05, 0.1) is 31.7 Å². The largest absolute Gasteiger partial charge is 0.458 e. The average Bonchev–Trinajstić information content (AvgIpc) is 3.79. The van der Waals surface area contributed by atoms with E-state index in [-0.39, 0.29) is 24.0 Å². The summed E-state index contributed by atoms with van der Waals surface area (Å²) in [7, 11) is 8.08. The number of unbranched alkanes of at least 4 members (excludes halogenated alkanes) is 1. The number of fused-ring (bicyclic) bond motifs is 1. The molecule has 2 aliphatic rings. The number of methoxy groups -OCH3 is 1. The van der Waals surface area contributed by atoms with Crippen LogP contribution >= 0.6 is 11.3 Å². The third-order valence-electron chi connectivity index (χ3n) is 10.1. The molecular formula is C33H49BN6O7S. The Hall–Kier alpha value is -3.33. The number of cyclic esters (lactones) is 1. The van der Waals surface area contributed by atoms with Gasteiger partial charge >= 0.3 is 12.1 Å². The fourth-order valence-electron chi connectivity index (χ4n) is 7.19. The van der Waals surface area contributed by atoms with Crippen LogP contribution in [0.4, 0.5) is 4.79 Å². The second-order valence-corrected chi connectivity index (χ2v) is 14.6. The van der Waals surface area contributed by atoms with Crippen molar-refractivity contribution in [3.05, 3.63) is 17.8 Å². The zero-order valence-electron chi connectivity index (χ0n) is 29.4. The molecule has 13 nitrogen and oxygen atoms in total. The molecule has 0 aliphatic carbocycles. The number of ether oxygens (including phenoxy) is 3. The van der Waals surface area contributed by atoms with E-state index >= 15 is 0 Å². The highest BCUT2D eigenvalue weighted by Crippen LogP contribution is 2.41. The molecule has 2 radical (unpaired) electrons. The summed E-state index contributed by atoms with van der Waals surface area (Å²) in [6, 6.07) is -1.18. The van der Waals surface area contributed by atoms with E-state index in [1.807, 2.05) is 39.3 Å². The molecule has 2 aliphatic heterocycles. The minimum atomic E-state index is -1.31. The Balaban J connectivity index is 1.63. The van der Waals surface area contributed by atoms with Gasteiger partial charge in [-0.3, -0.25) is 24.0 Å². The lowest BCUT2D eigenvalue weighted by Crippen LogP contribution is -2.62. The molecule has 0 N–H and O–H groups in total. The van der Waals surface area contributed by atoms with Crippen LogP contribution in [0.5, 0.6) is 0 Å². The molecule has 0 aromatic carbocycles. The molecule has 48 heavy (non-hydrogen) atoms. The molecule has 8 atom stereocenters. The molecule has 2 saturated heterocycles. The van der Waals surface area contributed by atoms with Gasteiger partial charge in [0.25, 0.3) is 0 Å². The van der Waals surface area contributed by atoms with Crippen molar-refractivity contribution in [1.82, 2.24) is 29.8 Å². The van der Waals surface area contributed by atoms with Crippen LogP contribution in [0.3, 0.4) is 0 Å². The van der Waals surface area contributed by atoms with Gasteiger partial charge in [0.2, 0.25) is 5.91 Å². The van der Waals surface area contributed by atoms with Crippen molar-refractivity contribution in [1.29, 1.82) is 0 Å². The van der Waals surface area contributed by atoms with Gasteiger partial charge in [-0.25, -0.2) is 9.78 Å². The molecular weight excluding hydrogens is 635 g/mol. The second-order valence-electron chi connectivity index (χ2n) is 13.7. The summed E-state index contributed by atoms with van der Waals surface area (Å²) in [5, 5.41) is 11.1. The number of esters is 1. The monoisotopic (exact) mass is 684 g/mol. The van der Waals surface area contributed by atoms with Crippen LogP contribution < -0.4 is 0 Å². The van der Waals surface area contributed by atoms with Gasteiger partial charge in [0.1, 0.15) is 28.5 Å². The molecule has 2 aromatic heterocycles. The molecule has 4 heterocycles. The molecule has 0 bridgehead atoms. The van der Waals surface area contributed by atoms with Gasteiger partial charge in [0.15, 0.2) is 5.60 Å². The molecule has 15 heteroatoms. The van der Waals surface area contributed by atoms with Gasteiger partial charge in [0, 0.05) is 51.7 Å². The Morgan fingerprint density at radius 2 is 1.88 bits per heavy atom. The van der Waals surface area contributed by atoms with Gasteiger partial charge in [-0.05, 0) is 65.1 Å². The summed E-state index contributed by atoms with van der Waals surface area (Å²) in [6.07, 6.45) is 4.14. The molecule has 262 valence electrons. The van der Waals surface area contributed by atoms with Crippen LogP contribution in [0.15, 0.2) is 17.8 Å². The number of hydrogen-bond donors (Lipinski definition) is 0. The average molecular weight is 685 g/mol. The van der Waals surface area contributed by atoms with Crippen molar-refractivity contribution >= 4 is 42.9 Å². The predicted octanol–water partition coefficient (Wildman–Crippen LogP) is 4.32. The molecule has 0 spiro atoms. The first-order valence-corrected chi connectivity index (χ1v) is 17.6. The summed E-state index contributed by atoms with van der Waals surface area (Å²) in [5.74, 6) is -3.09. The minimum Gasteiger partial charge on any atom is -0.458 e. The first kappa shape index (κ1) is 37.5. The molecule has 2 amide bonds. The zero-order chi connectivity index (χ0) is 35.4. The molecule has 2 fully saturated rings. The Morgan fingerprint density at radius 3 is 2.50 bits per heavy atom. The van der Waals surface area contributed by atoms with Gasteiger partial charge < -0.3 is 19.1 Å². The summed E-state index contributed by atoms with van der Waals surface area (Å²) in [6.45, 7) is 13.6. The standard InChI is InChI=1S/C33H49BN6O7S/c1-9-27-33(7)28(39(31(44)47-33)14-11-10-13-38-19-24(36-37-38)29-35-12-15-48-29)22(4)40(23(5)41)18-20(2)17-32(6,45-8)26(34)16-25(42)21(3)30(43)46-27/h12,15,19-22,26-28H,9-11,13-14,16-18H2,1-8H3/t20-,21-,22-,26-,27-,28-,32+,33-/m1/s1. The summed E-state index contributed by atoms with van der Waals surface area (Å²) < 4.78 is 19.7. The number of amides is 2. The smallest absolute Gasteiger partial charge is 0.410 e. The maximum atomic E-state index is 13.7. The lowest BCUT2D eigenvalue weighted by Gasteiger charge is -2.44. The van der Waals surface area contributed by atoms with Gasteiger partial charge in [-0.2, -0.15) is 0 Å². The summed E-state index contributed by atoms with van der Waals surface area (Å²) >= 11 is 1.49. The van der Waals surface area contributed by atoms with E-state index in [1.54, 1.807) is 34.7 Å². The van der Waals surface area contributed by atoms with Crippen molar-refractivity contribution in [2.24, 2.45) is 11.8 Å². The molecule has 4 rings (SSSR count). The Labute approximate surface area is 288 Å². The van der Waals surface area contributed by atoms with E-state index in [4.69, 9.17) is 22.1 Å². The second kappa shape index (κ2) is 15.5. The van der Waals surface area contributed by atoms with Crippen LogP contribution in [0.2, 0.25) is 5.82 Å². The van der Waals surface area contributed by atoms with E-state index < -0.39 is 53.2 Å². The van der Waals surface area contributed by atoms with Crippen LogP contribution in [0, 0.1) is 11.8 Å². The number of carbonyl (C=O) groups excluding carboxylic acids is 4. The van der Waals surface area contributed by atoms with Crippen molar-refractivity contribution in [3.63, 3.8) is 0 Å². The third-order valence-corrected chi connectivity index (χ3v) is 10.9. The number of aromatic nitrogens is 4. The topological polar surface area (TPSA) is 146 Å². The number of nitrogens with zero attached hydrogens (tertiary/aromatic N) is 6. The fraction of sp³-hybridized carbons (Fsp3) is 0.727.